The molecule has 0 aromatic carbocycles. The number of carbonyl (C=O) groups is 1. The Morgan fingerprint density at radius 1 is 1.53 bits per heavy atom. The third kappa shape index (κ3) is 6.53. The van der Waals surface area contributed by atoms with Crippen molar-refractivity contribution in [3.05, 3.63) is 0 Å². The van der Waals surface area contributed by atoms with Crippen LogP contribution in [0.1, 0.15) is 20.3 Å². The predicted octanol–water partition coefficient (Wildman–Crippen LogP) is 0.574. The zero-order valence-corrected chi connectivity index (χ0v) is 12.4. The zero-order valence-electron chi connectivity index (χ0n) is 11.6. The molecule has 0 aliphatic carbocycles. The Balaban J connectivity index is 2.28. The van der Waals surface area contributed by atoms with E-state index in [1.807, 2.05) is 0 Å². The molecule has 0 radical (unpaired) electrons. The maximum atomic E-state index is 11.0. The highest BCUT2D eigenvalue weighted by Gasteiger charge is 2.08. The molecule has 0 spiro atoms. The van der Waals surface area contributed by atoms with Crippen LogP contribution in [0.2, 0.25) is 0 Å². The van der Waals surface area contributed by atoms with Crippen LogP contribution in [0.5, 0.6) is 0 Å². The summed E-state index contributed by atoms with van der Waals surface area (Å²) in [6.07, 6.45) is 0.361. The maximum Gasteiger partial charge on any atom is 0.306 e. The van der Waals surface area contributed by atoms with Gasteiger partial charge in [-0.1, -0.05) is 25.6 Å². The Morgan fingerprint density at radius 2 is 2.32 bits per heavy atom. The van der Waals surface area contributed by atoms with Crippen molar-refractivity contribution >= 4 is 17.7 Å². The van der Waals surface area contributed by atoms with Gasteiger partial charge in [0.1, 0.15) is 0 Å². The molecule has 0 atom stereocenters. The third-order valence-electron chi connectivity index (χ3n) is 2.32. The number of aromatic nitrogens is 4. The van der Waals surface area contributed by atoms with Crippen LogP contribution in [0.3, 0.4) is 0 Å². The lowest BCUT2D eigenvalue weighted by molar-refractivity contribution is -0.140. The van der Waals surface area contributed by atoms with Gasteiger partial charge < -0.3 is 10.1 Å². The van der Waals surface area contributed by atoms with E-state index in [9.17, 15) is 4.79 Å². The molecule has 1 aromatic heterocycles. The Morgan fingerprint density at radius 3 is 3.00 bits per heavy atom. The average Bonchev–Trinajstić information content (AvgIpc) is 2.82. The van der Waals surface area contributed by atoms with Gasteiger partial charge in [0, 0.05) is 12.3 Å². The quantitative estimate of drug-likeness (QED) is 0.404. The van der Waals surface area contributed by atoms with Crippen LogP contribution < -0.4 is 5.32 Å². The van der Waals surface area contributed by atoms with Gasteiger partial charge in [0.05, 0.1) is 20.1 Å². The van der Waals surface area contributed by atoms with Crippen molar-refractivity contribution in [2.24, 2.45) is 5.92 Å². The van der Waals surface area contributed by atoms with E-state index >= 15 is 0 Å². The van der Waals surface area contributed by atoms with Gasteiger partial charge in [-0.05, 0) is 22.9 Å². The molecule has 0 unspecified atom stereocenters. The van der Waals surface area contributed by atoms with Gasteiger partial charge in [-0.15, -0.1) is 5.10 Å². The first-order valence-electron chi connectivity index (χ1n) is 6.30. The summed E-state index contributed by atoms with van der Waals surface area (Å²) in [7, 11) is 1.39. The van der Waals surface area contributed by atoms with Crippen LogP contribution in [0.25, 0.3) is 0 Å². The van der Waals surface area contributed by atoms with E-state index in [2.05, 4.69) is 39.4 Å². The van der Waals surface area contributed by atoms with E-state index in [4.69, 9.17) is 0 Å². The molecule has 7 nitrogen and oxygen atoms in total. The summed E-state index contributed by atoms with van der Waals surface area (Å²) in [4.78, 5) is 11.0. The molecule has 1 aromatic rings. The van der Waals surface area contributed by atoms with Crippen LogP contribution >= 0.6 is 11.8 Å². The first kappa shape index (κ1) is 15.9. The smallest absolute Gasteiger partial charge is 0.306 e. The molecule has 1 heterocycles. The lowest BCUT2D eigenvalue weighted by atomic mass is 10.2. The van der Waals surface area contributed by atoms with Gasteiger partial charge in [-0.25, -0.2) is 4.68 Å². The number of tetrazole rings is 1. The SMILES string of the molecule is COC(=O)CCSc1nnnn1CCNCC(C)C. The van der Waals surface area contributed by atoms with Gasteiger partial charge >= 0.3 is 5.97 Å². The number of rotatable bonds is 9. The van der Waals surface area contributed by atoms with Crippen molar-refractivity contribution in [3.8, 4) is 0 Å². The molecule has 0 aliphatic heterocycles. The summed E-state index contributed by atoms with van der Waals surface area (Å²) >= 11 is 1.46. The second-order valence-corrected chi connectivity index (χ2v) is 5.52. The third-order valence-corrected chi connectivity index (χ3v) is 3.28. The number of hydrogen-bond donors (Lipinski definition) is 1. The predicted molar refractivity (Wildman–Crippen MR) is 72.9 cm³/mol. The van der Waals surface area contributed by atoms with Crippen LogP contribution in [-0.2, 0) is 16.1 Å². The van der Waals surface area contributed by atoms with Gasteiger partial charge in [-0.2, -0.15) is 0 Å². The van der Waals surface area contributed by atoms with Gasteiger partial charge in [0.25, 0.3) is 0 Å². The van der Waals surface area contributed by atoms with E-state index in [0.717, 1.165) is 24.8 Å². The van der Waals surface area contributed by atoms with E-state index in [1.54, 1.807) is 4.68 Å². The molecule has 0 fully saturated rings. The summed E-state index contributed by atoms with van der Waals surface area (Å²) in [6, 6.07) is 0. The minimum atomic E-state index is -0.217. The fourth-order valence-corrected chi connectivity index (χ4v) is 2.17. The van der Waals surface area contributed by atoms with E-state index in [-0.39, 0.29) is 5.97 Å². The van der Waals surface area contributed by atoms with E-state index in [1.165, 1.54) is 18.9 Å². The highest BCUT2D eigenvalue weighted by Crippen LogP contribution is 2.14. The number of methoxy groups -OCH3 is 1. The number of ether oxygens (including phenoxy) is 1. The standard InChI is InChI=1S/C11H21N5O2S/c1-9(2)8-12-5-6-16-11(13-14-15-16)19-7-4-10(17)18-3/h9,12H,4-8H2,1-3H3. The average molecular weight is 287 g/mol. The molecule has 0 bridgehead atoms. The Kier molecular flexibility index (Phi) is 7.42. The maximum absolute atomic E-state index is 11.0. The van der Waals surface area contributed by atoms with Crippen molar-refractivity contribution in [2.45, 2.75) is 32.0 Å². The van der Waals surface area contributed by atoms with Crippen LogP contribution in [0.4, 0.5) is 0 Å². The Labute approximate surface area is 117 Å². The Bertz CT molecular complexity index is 383. The fourth-order valence-electron chi connectivity index (χ4n) is 1.34. The topological polar surface area (TPSA) is 81.9 Å². The molecule has 0 amide bonds. The van der Waals surface area contributed by atoms with Crippen LogP contribution in [0, 0.1) is 5.92 Å². The number of hydrogen-bond acceptors (Lipinski definition) is 7. The minimum Gasteiger partial charge on any atom is -0.469 e. The molecule has 19 heavy (non-hydrogen) atoms. The summed E-state index contributed by atoms with van der Waals surface area (Å²) in [5, 5.41) is 15.6. The summed E-state index contributed by atoms with van der Waals surface area (Å²) in [5.74, 6) is 1.03. The van der Waals surface area contributed by atoms with Crippen LogP contribution in [-0.4, -0.2) is 52.1 Å². The molecule has 1 rings (SSSR count). The molecule has 0 saturated heterocycles. The molecule has 0 saturated carbocycles. The monoisotopic (exact) mass is 287 g/mol. The second kappa shape index (κ2) is 8.87. The summed E-state index contributed by atoms with van der Waals surface area (Å²) in [5.41, 5.74) is 0. The molecule has 0 aliphatic rings. The van der Waals surface area contributed by atoms with Crippen molar-refractivity contribution in [1.82, 2.24) is 25.5 Å². The lowest BCUT2D eigenvalue weighted by Gasteiger charge is -2.07. The molecule has 108 valence electrons. The van der Waals surface area contributed by atoms with Gasteiger partial charge in [0.2, 0.25) is 5.16 Å². The fraction of sp³-hybridized carbons (Fsp3) is 0.818. The van der Waals surface area contributed by atoms with Gasteiger partial charge in [-0.3, -0.25) is 4.79 Å². The van der Waals surface area contributed by atoms with Crippen LogP contribution in [0.15, 0.2) is 5.16 Å². The summed E-state index contributed by atoms with van der Waals surface area (Å²) < 4.78 is 6.33. The largest absolute Gasteiger partial charge is 0.469 e. The summed E-state index contributed by atoms with van der Waals surface area (Å²) in [6.45, 7) is 6.86. The van der Waals surface area contributed by atoms with Crippen molar-refractivity contribution in [2.75, 3.05) is 26.0 Å². The molecular weight excluding hydrogens is 266 g/mol. The Hall–Kier alpha value is -1.15. The van der Waals surface area contributed by atoms with Crippen molar-refractivity contribution < 1.29 is 9.53 Å². The molecular formula is C11H21N5O2S. The number of esters is 1. The number of carbonyl (C=O) groups excluding carboxylic acids is 1. The minimum absolute atomic E-state index is 0.217. The van der Waals surface area contributed by atoms with E-state index < -0.39 is 0 Å². The second-order valence-electron chi connectivity index (χ2n) is 4.46. The first-order valence-corrected chi connectivity index (χ1v) is 7.28. The van der Waals surface area contributed by atoms with E-state index in [0.29, 0.717) is 18.1 Å². The first-order chi connectivity index (χ1) is 9.13. The number of thioether (sulfide) groups is 1. The number of nitrogens with one attached hydrogen (secondary N) is 1. The zero-order chi connectivity index (χ0) is 14.1. The highest BCUT2D eigenvalue weighted by molar-refractivity contribution is 7.99. The van der Waals surface area contributed by atoms with Crippen molar-refractivity contribution in [1.29, 1.82) is 0 Å². The highest BCUT2D eigenvalue weighted by atomic mass is 32.2. The normalized spacial score (nSPS) is 10.9. The lowest BCUT2D eigenvalue weighted by Crippen LogP contribution is -2.24. The van der Waals surface area contributed by atoms with Crippen molar-refractivity contribution in [3.63, 3.8) is 0 Å². The van der Waals surface area contributed by atoms with Gasteiger partial charge in [0.15, 0.2) is 0 Å². The number of nitrogens with zero attached hydrogens (tertiary/aromatic N) is 4. The molecule has 8 heteroatoms. The molecule has 1 N–H and O–H groups in total.